The van der Waals surface area contributed by atoms with Crippen LogP contribution in [0, 0.1) is 5.92 Å². The van der Waals surface area contributed by atoms with Crippen LogP contribution in [-0.4, -0.2) is 29.9 Å². The number of hydrogen-bond acceptors (Lipinski definition) is 2. The molecule has 0 aromatic carbocycles. The molecule has 0 saturated heterocycles. The molecule has 76 valence electrons. The van der Waals surface area contributed by atoms with Crippen LogP contribution in [-0.2, 0) is 4.79 Å². The summed E-state index contributed by atoms with van der Waals surface area (Å²) in [4.78, 5) is 13.4. The van der Waals surface area contributed by atoms with Gasteiger partial charge < -0.3 is 10.6 Å². The lowest BCUT2D eigenvalue weighted by atomic mass is 9.85. The number of nitrogens with two attached hydrogens (primary N) is 1. The molecule has 1 atom stereocenters. The third-order valence-corrected chi connectivity index (χ3v) is 2.79. The van der Waals surface area contributed by atoms with Crippen molar-refractivity contribution in [2.45, 2.75) is 39.2 Å². The Morgan fingerprint density at radius 3 is 2.54 bits per heavy atom. The summed E-state index contributed by atoms with van der Waals surface area (Å²) in [6, 6.07) is -0.347. The van der Waals surface area contributed by atoms with Crippen LogP contribution < -0.4 is 5.73 Å². The SMILES string of the molecule is CCN(CC1CCC1)C(=O)[C@@H](C)N. The van der Waals surface area contributed by atoms with E-state index in [0.717, 1.165) is 19.0 Å². The molecule has 1 aliphatic rings. The van der Waals surface area contributed by atoms with Gasteiger partial charge in [0.2, 0.25) is 5.91 Å². The summed E-state index contributed by atoms with van der Waals surface area (Å²) < 4.78 is 0. The first-order valence-corrected chi connectivity index (χ1v) is 5.19. The maximum absolute atomic E-state index is 11.6. The number of carbonyl (C=O) groups excluding carboxylic acids is 1. The molecule has 0 aliphatic heterocycles. The summed E-state index contributed by atoms with van der Waals surface area (Å²) in [7, 11) is 0. The van der Waals surface area contributed by atoms with Gasteiger partial charge in [0.1, 0.15) is 0 Å². The molecule has 3 nitrogen and oxygen atoms in total. The first kappa shape index (κ1) is 10.5. The minimum Gasteiger partial charge on any atom is -0.341 e. The zero-order valence-corrected chi connectivity index (χ0v) is 8.62. The highest BCUT2D eigenvalue weighted by Gasteiger charge is 2.23. The molecular weight excluding hydrogens is 164 g/mol. The van der Waals surface area contributed by atoms with Gasteiger partial charge in [0.25, 0.3) is 0 Å². The van der Waals surface area contributed by atoms with E-state index in [1.807, 2.05) is 11.8 Å². The monoisotopic (exact) mass is 184 g/mol. The smallest absolute Gasteiger partial charge is 0.239 e. The molecule has 0 unspecified atom stereocenters. The fourth-order valence-corrected chi connectivity index (χ4v) is 1.65. The molecule has 0 bridgehead atoms. The number of nitrogens with zero attached hydrogens (tertiary/aromatic N) is 1. The van der Waals surface area contributed by atoms with Crippen LogP contribution in [0.4, 0.5) is 0 Å². The predicted molar refractivity (Wildman–Crippen MR) is 53.2 cm³/mol. The number of carbonyl (C=O) groups is 1. The van der Waals surface area contributed by atoms with Gasteiger partial charge in [0, 0.05) is 13.1 Å². The molecule has 0 spiro atoms. The second-order valence-corrected chi connectivity index (χ2v) is 3.96. The van der Waals surface area contributed by atoms with Gasteiger partial charge in [0.15, 0.2) is 0 Å². The van der Waals surface area contributed by atoms with E-state index in [9.17, 15) is 4.79 Å². The normalized spacial score (nSPS) is 19.3. The van der Waals surface area contributed by atoms with Crippen LogP contribution in [0.5, 0.6) is 0 Å². The van der Waals surface area contributed by atoms with Crippen LogP contribution in [0.2, 0.25) is 0 Å². The minimum absolute atomic E-state index is 0.0920. The Balaban J connectivity index is 2.36. The molecule has 13 heavy (non-hydrogen) atoms. The van der Waals surface area contributed by atoms with Gasteiger partial charge in [0.05, 0.1) is 6.04 Å². The lowest BCUT2D eigenvalue weighted by Crippen LogP contribution is -2.45. The number of hydrogen-bond donors (Lipinski definition) is 1. The summed E-state index contributed by atoms with van der Waals surface area (Å²) in [6.07, 6.45) is 3.89. The second-order valence-electron chi connectivity index (χ2n) is 3.96. The molecule has 0 aromatic rings. The molecule has 0 heterocycles. The van der Waals surface area contributed by atoms with Crippen molar-refractivity contribution >= 4 is 5.91 Å². The molecule has 1 rings (SSSR count). The van der Waals surface area contributed by atoms with Crippen LogP contribution in [0.15, 0.2) is 0 Å². The van der Waals surface area contributed by atoms with E-state index < -0.39 is 0 Å². The average Bonchev–Trinajstić information content (AvgIpc) is 2.02. The van der Waals surface area contributed by atoms with Crippen molar-refractivity contribution in [2.75, 3.05) is 13.1 Å². The molecule has 1 fully saturated rings. The molecule has 2 N–H and O–H groups in total. The van der Waals surface area contributed by atoms with Crippen molar-refractivity contribution in [1.29, 1.82) is 0 Å². The number of rotatable bonds is 4. The van der Waals surface area contributed by atoms with E-state index >= 15 is 0 Å². The summed E-state index contributed by atoms with van der Waals surface area (Å²) in [5.41, 5.74) is 5.56. The zero-order valence-electron chi connectivity index (χ0n) is 8.62. The number of likely N-dealkylation sites (N-methyl/N-ethyl adjacent to an activating group) is 1. The fraction of sp³-hybridized carbons (Fsp3) is 0.900. The van der Waals surface area contributed by atoms with E-state index in [1.54, 1.807) is 6.92 Å². The topological polar surface area (TPSA) is 46.3 Å². The van der Waals surface area contributed by atoms with Gasteiger partial charge in [-0.25, -0.2) is 0 Å². The first-order valence-electron chi connectivity index (χ1n) is 5.19. The van der Waals surface area contributed by atoms with Crippen LogP contribution in [0.3, 0.4) is 0 Å². The van der Waals surface area contributed by atoms with Gasteiger partial charge in [-0.3, -0.25) is 4.79 Å². The molecule has 1 amide bonds. The highest BCUT2D eigenvalue weighted by atomic mass is 16.2. The Bertz CT molecular complexity index is 176. The zero-order chi connectivity index (χ0) is 9.84. The first-order chi connectivity index (χ1) is 6.15. The maximum atomic E-state index is 11.6. The van der Waals surface area contributed by atoms with Crippen molar-refractivity contribution in [2.24, 2.45) is 11.7 Å². The quantitative estimate of drug-likeness (QED) is 0.708. The lowest BCUT2D eigenvalue weighted by molar-refractivity contribution is -0.133. The fourth-order valence-electron chi connectivity index (χ4n) is 1.65. The molecule has 0 radical (unpaired) electrons. The summed E-state index contributed by atoms with van der Waals surface area (Å²) in [6.45, 7) is 5.47. The Morgan fingerprint density at radius 1 is 1.62 bits per heavy atom. The van der Waals surface area contributed by atoms with E-state index in [4.69, 9.17) is 5.73 Å². The third-order valence-electron chi connectivity index (χ3n) is 2.79. The van der Waals surface area contributed by atoms with Gasteiger partial charge in [-0.05, 0) is 32.6 Å². The summed E-state index contributed by atoms with van der Waals surface area (Å²) in [5, 5.41) is 0. The van der Waals surface area contributed by atoms with Gasteiger partial charge in [-0.2, -0.15) is 0 Å². The summed E-state index contributed by atoms with van der Waals surface area (Å²) >= 11 is 0. The van der Waals surface area contributed by atoms with Gasteiger partial charge in [-0.15, -0.1) is 0 Å². The van der Waals surface area contributed by atoms with Crippen molar-refractivity contribution in [3.8, 4) is 0 Å². The highest BCUT2D eigenvalue weighted by molar-refractivity contribution is 5.81. The van der Waals surface area contributed by atoms with Crippen molar-refractivity contribution in [3.63, 3.8) is 0 Å². The maximum Gasteiger partial charge on any atom is 0.239 e. The van der Waals surface area contributed by atoms with Crippen LogP contribution >= 0.6 is 0 Å². The Morgan fingerprint density at radius 2 is 2.23 bits per heavy atom. The van der Waals surface area contributed by atoms with Crippen LogP contribution in [0.25, 0.3) is 0 Å². The highest BCUT2D eigenvalue weighted by Crippen LogP contribution is 2.27. The molecule has 1 aliphatic carbocycles. The predicted octanol–water partition coefficient (Wildman–Crippen LogP) is 0.982. The Hall–Kier alpha value is -0.570. The summed E-state index contributed by atoms with van der Waals surface area (Å²) in [5.74, 6) is 0.831. The Kier molecular flexibility index (Phi) is 3.72. The lowest BCUT2D eigenvalue weighted by Gasteiger charge is -2.32. The number of amides is 1. The van der Waals surface area contributed by atoms with E-state index in [2.05, 4.69) is 0 Å². The third kappa shape index (κ3) is 2.69. The largest absolute Gasteiger partial charge is 0.341 e. The van der Waals surface area contributed by atoms with Gasteiger partial charge >= 0.3 is 0 Å². The van der Waals surface area contributed by atoms with Crippen LogP contribution in [0.1, 0.15) is 33.1 Å². The average molecular weight is 184 g/mol. The second kappa shape index (κ2) is 4.61. The van der Waals surface area contributed by atoms with E-state index in [-0.39, 0.29) is 11.9 Å². The van der Waals surface area contributed by atoms with Crippen molar-refractivity contribution < 1.29 is 4.79 Å². The standard InChI is InChI=1S/C10H20N2O/c1-3-12(10(13)8(2)11)7-9-5-4-6-9/h8-9H,3-7,11H2,1-2H3/t8-/m1/s1. The van der Waals surface area contributed by atoms with Crippen molar-refractivity contribution in [3.05, 3.63) is 0 Å². The molecule has 1 saturated carbocycles. The van der Waals surface area contributed by atoms with Gasteiger partial charge in [-0.1, -0.05) is 6.42 Å². The van der Waals surface area contributed by atoms with Crippen molar-refractivity contribution in [1.82, 2.24) is 4.90 Å². The van der Waals surface area contributed by atoms with E-state index in [0.29, 0.717) is 0 Å². The molecule has 0 aromatic heterocycles. The Labute approximate surface area is 80.3 Å². The molecular formula is C10H20N2O. The molecule has 3 heteroatoms. The van der Waals surface area contributed by atoms with E-state index in [1.165, 1.54) is 19.3 Å². The minimum atomic E-state index is -0.347.